The largest absolute Gasteiger partial charge is 0.494 e. The standard InChI is InChI=1S/C24H25ClF2N4O3/c1-24(2,3)18-11-30(7-8-31(18)23(32)33)22-15-10-16(25)19(14-6-5-13(26)9-17(14)27)21(34-4)20(15)28-12-29-22/h5-6,9-10,12,18H,7-8,11H2,1-4H3,(H,32,33). The molecule has 1 aliphatic heterocycles. The third-order valence-corrected chi connectivity index (χ3v) is 6.44. The van der Waals surface area contributed by atoms with E-state index < -0.39 is 17.7 Å². The van der Waals surface area contributed by atoms with Crippen molar-refractivity contribution < 1.29 is 23.4 Å². The summed E-state index contributed by atoms with van der Waals surface area (Å²) in [7, 11) is 1.43. The number of amides is 1. The van der Waals surface area contributed by atoms with E-state index in [1.807, 2.05) is 25.7 Å². The smallest absolute Gasteiger partial charge is 0.407 e. The SMILES string of the molecule is COc1c(-c2ccc(F)cc2F)c(Cl)cc2c(N3CCN(C(=O)O)C(C(C)(C)C)C3)ncnc12. The van der Waals surface area contributed by atoms with E-state index in [1.165, 1.54) is 24.4 Å². The molecule has 1 unspecified atom stereocenters. The van der Waals surface area contributed by atoms with Gasteiger partial charge in [-0.2, -0.15) is 0 Å². The second-order valence-corrected chi connectivity index (χ2v) is 9.70. The molecule has 2 heterocycles. The van der Waals surface area contributed by atoms with Gasteiger partial charge in [0.25, 0.3) is 0 Å². The Morgan fingerprint density at radius 3 is 2.56 bits per heavy atom. The average molecular weight is 491 g/mol. The Bertz CT molecular complexity index is 1270. The summed E-state index contributed by atoms with van der Waals surface area (Å²) in [5.41, 5.74) is 0.474. The topological polar surface area (TPSA) is 78.8 Å². The van der Waals surface area contributed by atoms with Gasteiger partial charge in [-0.25, -0.2) is 23.5 Å². The Kier molecular flexibility index (Phi) is 6.24. The summed E-state index contributed by atoms with van der Waals surface area (Å²) in [4.78, 5) is 24.1. The Morgan fingerprint density at radius 2 is 1.94 bits per heavy atom. The van der Waals surface area contributed by atoms with Gasteiger partial charge in [0.05, 0.1) is 18.2 Å². The average Bonchev–Trinajstić information content (AvgIpc) is 2.77. The number of hydrogen-bond donors (Lipinski definition) is 1. The van der Waals surface area contributed by atoms with E-state index >= 15 is 0 Å². The Labute approximate surface area is 200 Å². The minimum atomic E-state index is -0.956. The number of ether oxygens (including phenoxy) is 1. The lowest BCUT2D eigenvalue weighted by atomic mass is 9.84. The number of carbonyl (C=O) groups is 1. The summed E-state index contributed by atoms with van der Waals surface area (Å²) < 4.78 is 33.7. The van der Waals surface area contributed by atoms with Crippen LogP contribution in [0.3, 0.4) is 0 Å². The molecule has 1 aromatic heterocycles. The van der Waals surface area contributed by atoms with Crippen LogP contribution in [0.1, 0.15) is 20.8 Å². The quantitative estimate of drug-likeness (QED) is 0.526. The number of carboxylic acid groups (broad SMARTS) is 1. The summed E-state index contributed by atoms with van der Waals surface area (Å²) in [6.45, 7) is 7.16. The van der Waals surface area contributed by atoms with E-state index in [-0.39, 0.29) is 33.4 Å². The molecule has 0 bridgehead atoms. The van der Waals surface area contributed by atoms with E-state index in [4.69, 9.17) is 16.3 Å². The van der Waals surface area contributed by atoms with Crippen LogP contribution in [-0.2, 0) is 0 Å². The third-order valence-electron chi connectivity index (χ3n) is 6.14. The van der Waals surface area contributed by atoms with Gasteiger partial charge in [0.15, 0.2) is 5.75 Å². The Balaban J connectivity index is 1.85. The maximum Gasteiger partial charge on any atom is 0.407 e. The molecular weight excluding hydrogens is 466 g/mol. The van der Waals surface area contributed by atoms with Crippen LogP contribution in [0.25, 0.3) is 22.0 Å². The first-order valence-corrected chi connectivity index (χ1v) is 11.1. The molecule has 0 aliphatic carbocycles. The zero-order valence-corrected chi connectivity index (χ0v) is 20.0. The lowest BCUT2D eigenvalue weighted by Crippen LogP contribution is -2.59. The molecule has 1 amide bonds. The van der Waals surface area contributed by atoms with Gasteiger partial charge < -0.3 is 19.6 Å². The predicted molar refractivity (Wildman–Crippen MR) is 127 cm³/mol. The van der Waals surface area contributed by atoms with Crippen molar-refractivity contribution >= 4 is 34.4 Å². The highest BCUT2D eigenvalue weighted by Gasteiger charge is 2.39. The van der Waals surface area contributed by atoms with E-state index in [1.54, 1.807) is 6.07 Å². The van der Waals surface area contributed by atoms with Crippen molar-refractivity contribution in [3.8, 4) is 16.9 Å². The Morgan fingerprint density at radius 1 is 1.21 bits per heavy atom. The van der Waals surface area contributed by atoms with Crippen LogP contribution >= 0.6 is 11.6 Å². The van der Waals surface area contributed by atoms with Gasteiger partial charge in [-0.3, -0.25) is 0 Å². The van der Waals surface area contributed by atoms with E-state index in [0.29, 0.717) is 36.4 Å². The highest BCUT2D eigenvalue weighted by atomic mass is 35.5. The first-order chi connectivity index (χ1) is 16.0. The summed E-state index contributed by atoms with van der Waals surface area (Å²) in [6.07, 6.45) is 0.428. The van der Waals surface area contributed by atoms with Crippen molar-refractivity contribution in [2.24, 2.45) is 5.41 Å². The number of methoxy groups -OCH3 is 1. The van der Waals surface area contributed by atoms with E-state index in [2.05, 4.69) is 9.97 Å². The van der Waals surface area contributed by atoms with Crippen molar-refractivity contribution in [2.45, 2.75) is 26.8 Å². The van der Waals surface area contributed by atoms with Crippen LogP contribution in [0.5, 0.6) is 5.75 Å². The molecule has 2 aromatic carbocycles. The number of nitrogens with zero attached hydrogens (tertiary/aromatic N) is 4. The molecular formula is C24H25ClF2N4O3. The molecule has 0 saturated carbocycles. The molecule has 1 N–H and O–H groups in total. The summed E-state index contributed by atoms with van der Waals surface area (Å²) in [5, 5.41) is 10.5. The normalized spacial score (nSPS) is 16.7. The highest BCUT2D eigenvalue weighted by Crippen LogP contribution is 2.44. The molecule has 4 rings (SSSR count). The number of benzene rings is 2. The minimum Gasteiger partial charge on any atom is -0.494 e. The molecule has 10 heteroatoms. The second-order valence-electron chi connectivity index (χ2n) is 9.29. The van der Waals surface area contributed by atoms with Crippen LogP contribution in [0, 0.1) is 17.0 Å². The monoisotopic (exact) mass is 490 g/mol. The zero-order valence-electron chi connectivity index (χ0n) is 19.3. The van der Waals surface area contributed by atoms with Gasteiger partial charge in [0, 0.05) is 42.2 Å². The second kappa shape index (κ2) is 8.87. The maximum atomic E-state index is 14.6. The zero-order chi connectivity index (χ0) is 24.8. The van der Waals surface area contributed by atoms with Crippen LogP contribution in [0.2, 0.25) is 5.02 Å². The summed E-state index contributed by atoms with van der Waals surface area (Å²) >= 11 is 6.61. The number of halogens is 3. The van der Waals surface area contributed by atoms with E-state index in [9.17, 15) is 18.7 Å². The van der Waals surface area contributed by atoms with Crippen molar-refractivity contribution in [3.63, 3.8) is 0 Å². The molecule has 1 aliphatic rings. The third kappa shape index (κ3) is 4.20. The molecule has 1 atom stereocenters. The van der Waals surface area contributed by atoms with Crippen molar-refractivity contribution in [1.29, 1.82) is 0 Å². The summed E-state index contributed by atoms with van der Waals surface area (Å²) in [5.74, 6) is -0.647. The number of aromatic nitrogens is 2. The fraction of sp³-hybridized carbons (Fsp3) is 0.375. The first kappa shape index (κ1) is 23.9. The first-order valence-electron chi connectivity index (χ1n) is 10.7. The minimum absolute atomic E-state index is 0.0909. The number of piperazine rings is 1. The maximum absolute atomic E-state index is 14.6. The van der Waals surface area contributed by atoms with Crippen LogP contribution in [0.15, 0.2) is 30.6 Å². The van der Waals surface area contributed by atoms with Gasteiger partial charge >= 0.3 is 6.09 Å². The van der Waals surface area contributed by atoms with Gasteiger partial charge in [0.1, 0.15) is 29.3 Å². The van der Waals surface area contributed by atoms with Gasteiger partial charge in [0.2, 0.25) is 0 Å². The van der Waals surface area contributed by atoms with Crippen molar-refractivity contribution in [1.82, 2.24) is 14.9 Å². The van der Waals surface area contributed by atoms with Gasteiger partial charge in [-0.1, -0.05) is 32.4 Å². The highest BCUT2D eigenvalue weighted by molar-refractivity contribution is 6.35. The van der Waals surface area contributed by atoms with Crippen LogP contribution in [0.4, 0.5) is 19.4 Å². The van der Waals surface area contributed by atoms with Gasteiger partial charge in [-0.15, -0.1) is 0 Å². The fourth-order valence-corrected chi connectivity index (χ4v) is 4.76. The fourth-order valence-electron chi connectivity index (χ4n) is 4.47. The molecule has 3 aromatic rings. The molecule has 180 valence electrons. The van der Waals surface area contributed by atoms with Crippen molar-refractivity contribution in [3.05, 3.63) is 47.2 Å². The number of anilines is 1. The lowest BCUT2D eigenvalue weighted by molar-refractivity contribution is 0.0747. The molecule has 34 heavy (non-hydrogen) atoms. The number of fused-ring (bicyclic) bond motifs is 1. The van der Waals surface area contributed by atoms with Crippen LogP contribution < -0.4 is 9.64 Å². The van der Waals surface area contributed by atoms with Gasteiger partial charge in [-0.05, 0) is 23.6 Å². The van der Waals surface area contributed by atoms with Crippen LogP contribution in [-0.4, -0.2) is 58.9 Å². The number of rotatable bonds is 3. The van der Waals surface area contributed by atoms with Crippen molar-refractivity contribution in [2.75, 3.05) is 31.6 Å². The lowest BCUT2D eigenvalue weighted by Gasteiger charge is -2.46. The Hall–Kier alpha value is -3.20. The number of hydrogen-bond acceptors (Lipinski definition) is 5. The molecule has 0 radical (unpaired) electrons. The predicted octanol–water partition coefficient (Wildman–Crippen LogP) is 5.45. The summed E-state index contributed by atoms with van der Waals surface area (Å²) in [6, 6.07) is 4.62. The molecule has 1 saturated heterocycles. The molecule has 7 nitrogen and oxygen atoms in total. The molecule has 0 spiro atoms. The van der Waals surface area contributed by atoms with E-state index in [0.717, 1.165) is 12.1 Å². The molecule has 1 fully saturated rings.